The van der Waals surface area contributed by atoms with E-state index in [0.717, 1.165) is 24.3 Å². The maximum atomic E-state index is 6.27. The third kappa shape index (κ3) is 4.15. The molecule has 1 aliphatic carbocycles. The first-order valence-corrected chi connectivity index (χ1v) is 8.09. The van der Waals surface area contributed by atoms with Crippen molar-refractivity contribution in [3.8, 4) is 11.5 Å². The van der Waals surface area contributed by atoms with Crippen LogP contribution in [0.4, 0.5) is 0 Å². The topological polar surface area (TPSA) is 18.5 Å². The molecule has 1 fully saturated rings. The Labute approximate surface area is 140 Å². The van der Waals surface area contributed by atoms with Crippen LogP contribution in [0.5, 0.6) is 11.5 Å². The fourth-order valence-corrected chi connectivity index (χ4v) is 3.36. The predicted octanol–water partition coefficient (Wildman–Crippen LogP) is 5.08. The Morgan fingerprint density at radius 1 is 0.864 bits per heavy atom. The molecule has 2 nitrogen and oxygen atoms in total. The minimum absolute atomic E-state index is 0. The van der Waals surface area contributed by atoms with Crippen molar-refractivity contribution in [3.05, 3.63) is 60.7 Å². The Morgan fingerprint density at radius 3 is 2.09 bits per heavy atom. The first-order valence-electron chi connectivity index (χ1n) is 7.51. The highest BCUT2D eigenvalue weighted by Crippen LogP contribution is 2.40. The second kappa shape index (κ2) is 7.85. The first-order chi connectivity index (χ1) is 10.3. The van der Waals surface area contributed by atoms with Gasteiger partial charge in [0.25, 0.3) is 0 Å². The second-order valence-electron chi connectivity index (χ2n) is 5.54. The van der Waals surface area contributed by atoms with Gasteiger partial charge in [-0.2, -0.15) is 0 Å². The lowest BCUT2D eigenvalue weighted by Crippen LogP contribution is -2.47. The maximum absolute atomic E-state index is 6.27. The summed E-state index contributed by atoms with van der Waals surface area (Å²) in [5.41, 5.74) is 0. The van der Waals surface area contributed by atoms with Gasteiger partial charge in [0.1, 0.15) is 17.6 Å². The molecule has 22 heavy (non-hydrogen) atoms. The Morgan fingerprint density at radius 2 is 1.45 bits per heavy atom. The van der Waals surface area contributed by atoms with Crippen LogP contribution in [0.3, 0.4) is 0 Å². The van der Waals surface area contributed by atoms with Gasteiger partial charge in [0.05, 0.1) is 0 Å². The number of hydrogen-bond donors (Lipinski definition) is 0. The van der Waals surface area contributed by atoms with Crippen molar-refractivity contribution in [1.82, 2.24) is 0 Å². The van der Waals surface area contributed by atoms with Crippen LogP contribution in [-0.4, -0.2) is 11.4 Å². The van der Waals surface area contributed by atoms with Gasteiger partial charge in [-0.05, 0) is 49.9 Å². The largest absolute Gasteiger partial charge is 0.486 e. The molecule has 3 rings (SSSR count). The molecule has 3 unspecified atom stereocenters. The Kier molecular flexibility index (Phi) is 6.11. The van der Waals surface area contributed by atoms with E-state index < -0.39 is 0 Å². The van der Waals surface area contributed by atoms with Crippen LogP contribution in [-0.2, 0) is 0 Å². The predicted molar refractivity (Wildman–Crippen MR) is 96.1 cm³/mol. The molecule has 0 radical (unpaired) electrons. The van der Waals surface area contributed by atoms with Crippen molar-refractivity contribution in [3.63, 3.8) is 0 Å². The third-order valence-corrected chi connectivity index (χ3v) is 4.68. The SMILES string of the molecule is Cl.PC1(Oc2ccccc2)CCCCC1Oc1ccccc1. The van der Waals surface area contributed by atoms with E-state index >= 15 is 0 Å². The maximum Gasteiger partial charge on any atom is 0.158 e. The molecular weight excluding hydrogens is 315 g/mol. The molecule has 0 aromatic heterocycles. The van der Waals surface area contributed by atoms with E-state index in [1.54, 1.807) is 0 Å². The van der Waals surface area contributed by atoms with Crippen molar-refractivity contribution >= 4 is 21.6 Å². The van der Waals surface area contributed by atoms with E-state index in [2.05, 4.69) is 9.24 Å². The Hall–Kier alpha value is -1.24. The molecule has 3 atom stereocenters. The quantitative estimate of drug-likeness (QED) is 0.725. The van der Waals surface area contributed by atoms with Crippen molar-refractivity contribution in [2.45, 2.75) is 37.1 Å². The molecule has 1 aliphatic rings. The zero-order valence-corrected chi connectivity index (χ0v) is 14.5. The van der Waals surface area contributed by atoms with Gasteiger partial charge in [-0.25, -0.2) is 0 Å². The average molecular weight is 337 g/mol. The Balaban J connectivity index is 0.00000176. The van der Waals surface area contributed by atoms with E-state index in [-0.39, 0.29) is 23.9 Å². The molecule has 0 spiro atoms. The summed E-state index contributed by atoms with van der Waals surface area (Å²) in [7, 11) is 2.90. The molecule has 2 aromatic rings. The molecule has 2 aromatic carbocycles. The van der Waals surface area contributed by atoms with Crippen LogP contribution in [0.15, 0.2) is 60.7 Å². The average Bonchev–Trinajstić information content (AvgIpc) is 2.52. The van der Waals surface area contributed by atoms with E-state index in [4.69, 9.17) is 9.47 Å². The number of rotatable bonds is 4. The minimum atomic E-state index is -0.352. The van der Waals surface area contributed by atoms with E-state index in [9.17, 15) is 0 Å². The zero-order chi connectivity index (χ0) is 14.5. The second-order valence-corrected chi connectivity index (χ2v) is 6.51. The molecule has 0 aliphatic heterocycles. The lowest BCUT2D eigenvalue weighted by atomic mass is 9.93. The van der Waals surface area contributed by atoms with Gasteiger partial charge in [-0.3, -0.25) is 0 Å². The highest BCUT2D eigenvalue weighted by atomic mass is 35.5. The van der Waals surface area contributed by atoms with E-state index in [1.165, 1.54) is 12.8 Å². The summed E-state index contributed by atoms with van der Waals surface area (Å²) in [6.07, 6.45) is 4.42. The van der Waals surface area contributed by atoms with Gasteiger partial charge in [0, 0.05) is 0 Å². The van der Waals surface area contributed by atoms with Gasteiger partial charge in [-0.15, -0.1) is 12.4 Å². The standard InChI is InChI=1S/C18H21O2P.ClH/c21-18(20-16-11-5-2-6-12-16)14-8-7-13-17(18)19-15-9-3-1-4-10-15;/h1-6,9-12,17H,7-8,13-14,21H2;1H. The van der Waals surface area contributed by atoms with Crippen molar-refractivity contribution in [1.29, 1.82) is 0 Å². The number of para-hydroxylation sites is 2. The van der Waals surface area contributed by atoms with Crippen molar-refractivity contribution in [2.24, 2.45) is 0 Å². The van der Waals surface area contributed by atoms with Gasteiger partial charge in [0.2, 0.25) is 0 Å². The third-order valence-electron chi connectivity index (χ3n) is 3.90. The van der Waals surface area contributed by atoms with E-state index in [0.29, 0.717) is 0 Å². The molecule has 4 heteroatoms. The Bertz CT molecular complexity index is 564. The van der Waals surface area contributed by atoms with Crippen LogP contribution in [0.2, 0.25) is 0 Å². The van der Waals surface area contributed by atoms with Crippen molar-refractivity contribution in [2.75, 3.05) is 0 Å². The molecule has 1 saturated carbocycles. The fraction of sp³-hybridized carbons (Fsp3) is 0.333. The summed E-state index contributed by atoms with van der Waals surface area (Å²) in [5, 5.41) is -0.352. The van der Waals surface area contributed by atoms with Crippen LogP contribution < -0.4 is 9.47 Å². The monoisotopic (exact) mass is 336 g/mol. The number of hydrogen-bond acceptors (Lipinski definition) is 2. The van der Waals surface area contributed by atoms with Crippen LogP contribution in [0, 0.1) is 0 Å². The van der Waals surface area contributed by atoms with Gasteiger partial charge >= 0.3 is 0 Å². The van der Waals surface area contributed by atoms with Crippen LogP contribution in [0.1, 0.15) is 25.7 Å². The number of halogens is 1. The lowest BCUT2D eigenvalue weighted by molar-refractivity contribution is -0.00294. The summed E-state index contributed by atoms with van der Waals surface area (Å²) in [6.45, 7) is 0. The first kappa shape index (κ1) is 17.1. The highest BCUT2D eigenvalue weighted by molar-refractivity contribution is 7.18. The summed E-state index contributed by atoms with van der Waals surface area (Å²) in [5.74, 6) is 1.81. The van der Waals surface area contributed by atoms with Crippen LogP contribution >= 0.6 is 21.6 Å². The summed E-state index contributed by atoms with van der Waals surface area (Å²) >= 11 is 0. The summed E-state index contributed by atoms with van der Waals surface area (Å²) in [4.78, 5) is 0. The fourth-order valence-electron chi connectivity index (χ4n) is 2.78. The van der Waals surface area contributed by atoms with Crippen LogP contribution in [0.25, 0.3) is 0 Å². The van der Waals surface area contributed by atoms with Gasteiger partial charge in [-0.1, -0.05) is 45.6 Å². The lowest BCUT2D eigenvalue weighted by Gasteiger charge is -2.41. The molecule has 0 amide bonds. The molecule has 118 valence electrons. The molecule has 0 bridgehead atoms. The van der Waals surface area contributed by atoms with E-state index in [1.807, 2.05) is 60.7 Å². The molecule has 0 heterocycles. The number of ether oxygens (including phenoxy) is 2. The molecule has 0 N–H and O–H groups in total. The number of benzene rings is 2. The molecular formula is C18H22ClO2P. The van der Waals surface area contributed by atoms with Gasteiger partial charge in [0.15, 0.2) is 5.34 Å². The normalized spacial score (nSPS) is 24.1. The summed E-state index contributed by atoms with van der Waals surface area (Å²) in [6, 6.07) is 20.0. The highest BCUT2D eigenvalue weighted by Gasteiger charge is 2.40. The molecule has 0 saturated heterocycles. The van der Waals surface area contributed by atoms with Crippen molar-refractivity contribution < 1.29 is 9.47 Å². The smallest absolute Gasteiger partial charge is 0.158 e. The zero-order valence-electron chi connectivity index (χ0n) is 12.5. The minimum Gasteiger partial charge on any atom is -0.486 e. The summed E-state index contributed by atoms with van der Waals surface area (Å²) < 4.78 is 12.5. The van der Waals surface area contributed by atoms with Gasteiger partial charge < -0.3 is 9.47 Å².